The Morgan fingerprint density at radius 2 is 1.23 bits per heavy atom. The lowest BCUT2D eigenvalue weighted by Gasteiger charge is -2.08. The van der Waals surface area contributed by atoms with E-state index >= 15 is 0 Å². The van der Waals surface area contributed by atoms with Crippen molar-refractivity contribution in [3.8, 4) is 0 Å². The van der Waals surface area contributed by atoms with Crippen molar-refractivity contribution in [3.63, 3.8) is 0 Å². The van der Waals surface area contributed by atoms with Crippen LogP contribution < -0.4 is 0 Å². The fourth-order valence-electron chi connectivity index (χ4n) is 2.90. The molecule has 26 heavy (non-hydrogen) atoms. The van der Waals surface area contributed by atoms with Gasteiger partial charge in [-0.1, -0.05) is 24.3 Å². The Kier molecular flexibility index (Phi) is 3.50. The SMILES string of the molecule is O=S(=O)(O)c1cccc2c1ccc1nc3cccc(S(=O)(=O)O)c3nc12. The molecule has 0 aliphatic heterocycles. The molecule has 8 nitrogen and oxygen atoms in total. The van der Waals surface area contributed by atoms with E-state index in [0.29, 0.717) is 10.9 Å². The van der Waals surface area contributed by atoms with Crippen LogP contribution in [0.5, 0.6) is 0 Å². The highest BCUT2D eigenvalue weighted by atomic mass is 32.2. The number of hydrogen-bond acceptors (Lipinski definition) is 6. The molecule has 0 amide bonds. The molecule has 4 rings (SSSR count). The molecular formula is C16H10N2O6S2. The van der Waals surface area contributed by atoms with Gasteiger partial charge in [0, 0.05) is 10.8 Å². The molecule has 4 aromatic rings. The molecule has 0 radical (unpaired) electrons. The normalized spacial score (nSPS) is 12.8. The van der Waals surface area contributed by atoms with Gasteiger partial charge in [0.05, 0.1) is 16.6 Å². The van der Waals surface area contributed by atoms with Crippen molar-refractivity contribution in [1.82, 2.24) is 9.97 Å². The lowest BCUT2D eigenvalue weighted by Crippen LogP contribution is -2.02. The maximum atomic E-state index is 11.6. The first-order valence-electron chi connectivity index (χ1n) is 7.23. The van der Waals surface area contributed by atoms with Gasteiger partial charge in [-0.2, -0.15) is 16.8 Å². The summed E-state index contributed by atoms with van der Waals surface area (Å²) in [4.78, 5) is 7.98. The molecule has 0 bridgehead atoms. The summed E-state index contributed by atoms with van der Waals surface area (Å²) in [5, 5.41) is 0.595. The third kappa shape index (κ3) is 2.59. The van der Waals surface area contributed by atoms with Crippen molar-refractivity contribution in [2.24, 2.45) is 0 Å². The number of rotatable bonds is 2. The predicted molar refractivity (Wildman–Crippen MR) is 94.2 cm³/mol. The highest BCUT2D eigenvalue weighted by Gasteiger charge is 2.19. The van der Waals surface area contributed by atoms with Gasteiger partial charge in [-0.05, 0) is 24.3 Å². The second-order valence-electron chi connectivity index (χ2n) is 5.58. The Morgan fingerprint density at radius 1 is 0.615 bits per heavy atom. The van der Waals surface area contributed by atoms with E-state index in [-0.39, 0.29) is 26.8 Å². The molecular weight excluding hydrogens is 380 g/mol. The summed E-state index contributed by atoms with van der Waals surface area (Å²) in [5.74, 6) is 0. The summed E-state index contributed by atoms with van der Waals surface area (Å²) in [7, 11) is -8.98. The molecule has 2 N–H and O–H groups in total. The van der Waals surface area contributed by atoms with Crippen LogP contribution in [0.2, 0.25) is 0 Å². The van der Waals surface area contributed by atoms with Crippen molar-refractivity contribution in [2.75, 3.05) is 0 Å². The number of hydrogen-bond donors (Lipinski definition) is 2. The molecule has 0 aliphatic carbocycles. The molecule has 0 fully saturated rings. The van der Waals surface area contributed by atoms with E-state index in [1.807, 2.05) is 0 Å². The zero-order chi connectivity index (χ0) is 18.7. The maximum absolute atomic E-state index is 11.6. The molecule has 3 aromatic carbocycles. The van der Waals surface area contributed by atoms with E-state index in [9.17, 15) is 25.9 Å². The van der Waals surface area contributed by atoms with Gasteiger partial charge in [0.25, 0.3) is 20.2 Å². The number of para-hydroxylation sites is 1. The minimum Gasteiger partial charge on any atom is -0.282 e. The van der Waals surface area contributed by atoms with E-state index in [1.165, 1.54) is 36.4 Å². The Morgan fingerprint density at radius 3 is 1.92 bits per heavy atom. The Bertz CT molecular complexity index is 1430. The van der Waals surface area contributed by atoms with Crippen molar-refractivity contribution in [1.29, 1.82) is 0 Å². The maximum Gasteiger partial charge on any atom is 0.296 e. The second kappa shape index (κ2) is 5.42. The fourth-order valence-corrected chi connectivity index (χ4v) is 4.25. The largest absolute Gasteiger partial charge is 0.296 e. The lowest BCUT2D eigenvalue weighted by atomic mass is 10.1. The number of aromatic nitrogens is 2. The van der Waals surface area contributed by atoms with Crippen molar-refractivity contribution < 1.29 is 25.9 Å². The topological polar surface area (TPSA) is 135 Å². The first-order chi connectivity index (χ1) is 12.2. The first-order valence-corrected chi connectivity index (χ1v) is 10.1. The Labute approximate surface area is 147 Å². The van der Waals surface area contributed by atoms with Crippen molar-refractivity contribution in [3.05, 3.63) is 48.5 Å². The molecule has 0 spiro atoms. The zero-order valence-electron chi connectivity index (χ0n) is 12.9. The highest BCUT2D eigenvalue weighted by Crippen LogP contribution is 2.30. The zero-order valence-corrected chi connectivity index (χ0v) is 14.5. The van der Waals surface area contributed by atoms with Gasteiger partial charge in [-0.25, -0.2) is 9.97 Å². The molecule has 0 aliphatic rings. The molecule has 0 atom stereocenters. The van der Waals surface area contributed by atoms with Gasteiger partial charge in [-0.15, -0.1) is 0 Å². The van der Waals surface area contributed by atoms with E-state index in [2.05, 4.69) is 9.97 Å². The van der Waals surface area contributed by atoms with E-state index in [4.69, 9.17) is 0 Å². The average molecular weight is 390 g/mol. The average Bonchev–Trinajstić information content (AvgIpc) is 2.57. The van der Waals surface area contributed by atoms with Crippen LogP contribution in [0.1, 0.15) is 0 Å². The van der Waals surface area contributed by atoms with Crippen molar-refractivity contribution >= 4 is 53.1 Å². The quantitative estimate of drug-likeness (QED) is 0.303. The summed E-state index contributed by atoms with van der Waals surface area (Å²) < 4.78 is 65.2. The van der Waals surface area contributed by atoms with E-state index in [0.717, 1.165) is 0 Å². The number of benzene rings is 3. The smallest absolute Gasteiger partial charge is 0.282 e. The summed E-state index contributed by atoms with van der Waals surface area (Å²) in [5.41, 5.74) is 0.881. The van der Waals surface area contributed by atoms with Crippen LogP contribution in [0.4, 0.5) is 0 Å². The molecule has 1 heterocycles. The number of nitrogens with zero attached hydrogens (tertiary/aromatic N) is 2. The monoisotopic (exact) mass is 390 g/mol. The minimum atomic E-state index is -4.52. The first kappa shape index (κ1) is 16.8. The van der Waals surface area contributed by atoms with Gasteiger partial charge in [0.2, 0.25) is 0 Å². The van der Waals surface area contributed by atoms with Crippen molar-refractivity contribution in [2.45, 2.75) is 9.79 Å². The molecule has 0 saturated carbocycles. The highest BCUT2D eigenvalue weighted by molar-refractivity contribution is 7.86. The number of fused-ring (bicyclic) bond motifs is 4. The third-order valence-electron chi connectivity index (χ3n) is 3.97. The van der Waals surface area contributed by atoms with E-state index in [1.54, 1.807) is 12.1 Å². The van der Waals surface area contributed by atoms with Crippen LogP contribution in [0, 0.1) is 0 Å². The third-order valence-corrected chi connectivity index (χ3v) is 5.77. The van der Waals surface area contributed by atoms with Crippen LogP contribution in [-0.2, 0) is 20.2 Å². The van der Waals surface area contributed by atoms with Crippen LogP contribution in [0.25, 0.3) is 32.8 Å². The Hall–Kier alpha value is -2.66. The van der Waals surface area contributed by atoms with Gasteiger partial charge >= 0.3 is 0 Å². The molecule has 1 aromatic heterocycles. The Balaban J connectivity index is 2.23. The lowest BCUT2D eigenvalue weighted by molar-refractivity contribution is 0.482. The van der Waals surface area contributed by atoms with Gasteiger partial charge < -0.3 is 0 Å². The molecule has 10 heteroatoms. The summed E-state index contributed by atoms with van der Waals surface area (Å²) in [6.07, 6.45) is 0. The molecule has 0 unspecified atom stereocenters. The summed E-state index contributed by atoms with van der Waals surface area (Å²) >= 11 is 0. The summed E-state index contributed by atoms with van der Waals surface area (Å²) in [6.45, 7) is 0. The fraction of sp³-hybridized carbons (Fsp3) is 0. The molecule has 0 saturated heterocycles. The van der Waals surface area contributed by atoms with Crippen LogP contribution in [0.3, 0.4) is 0 Å². The molecule has 132 valence electrons. The second-order valence-corrected chi connectivity index (χ2v) is 8.36. The minimum absolute atomic E-state index is 0.0349. The van der Waals surface area contributed by atoms with Gasteiger partial charge in [-0.3, -0.25) is 9.11 Å². The standard InChI is InChI=1S/C16H10N2O6S2/c19-25(20,21)13-5-1-3-10-9(13)7-8-12-15(10)18-16-11(17-12)4-2-6-14(16)26(22,23)24/h1-8H,(H,19,20,21)(H,22,23,24). The predicted octanol–water partition coefficient (Wildman–Crippen LogP) is 2.43. The van der Waals surface area contributed by atoms with Gasteiger partial charge in [0.1, 0.15) is 15.3 Å². The van der Waals surface area contributed by atoms with Gasteiger partial charge in [0.15, 0.2) is 0 Å². The van der Waals surface area contributed by atoms with Crippen LogP contribution in [0.15, 0.2) is 58.3 Å². The summed E-state index contributed by atoms with van der Waals surface area (Å²) in [6, 6.07) is 11.5. The van der Waals surface area contributed by atoms with E-state index < -0.39 is 25.1 Å². The van der Waals surface area contributed by atoms with Crippen LogP contribution in [-0.4, -0.2) is 35.9 Å². The van der Waals surface area contributed by atoms with Crippen LogP contribution >= 0.6 is 0 Å².